The minimum atomic E-state index is 0. The van der Waals surface area contributed by atoms with Crippen LogP contribution in [0.3, 0.4) is 0 Å². The Morgan fingerprint density at radius 1 is 0.667 bits per heavy atom. The van der Waals surface area contributed by atoms with E-state index in [0.717, 1.165) is 21.8 Å². The minimum Gasteiger partial charge on any atom is -0.254 e. The van der Waals surface area contributed by atoms with Gasteiger partial charge in [-0.3, -0.25) is 9.97 Å². The summed E-state index contributed by atoms with van der Waals surface area (Å²) in [6.45, 7) is 0. The Kier molecular flexibility index (Phi) is 2.77. The average Bonchev–Trinajstić information content (AvgIpc) is 2.29. The molecule has 0 aliphatic rings. The summed E-state index contributed by atoms with van der Waals surface area (Å²) >= 11 is 0. The summed E-state index contributed by atoms with van der Waals surface area (Å²) in [6.07, 6.45) is 3.60. The van der Waals surface area contributed by atoms with Crippen molar-refractivity contribution >= 4 is 21.8 Å². The summed E-state index contributed by atoms with van der Waals surface area (Å²) in [5, 5.41) is 2.28. The third-order valence-electron chi connectivity index (χ3n) is 2.34. The fourth-order valence-corrected chi connectivity index (χ4v) is 1.68. The average molecular weight is 287 g/mol. The van der Waals surface area contributed by atoms with Crippen LogP contribution in [0.15, 0.2) is 48.8 Å². The van der Waals surface area contributed by atoms with Crippen LogP contribution in [0.5, 0.6) is 0 Å². The fraction of sp³-hybridized carbons (Fsp3) is 0. The Balaban J connectivity index is 0.000000853. The first kappa shape index (κ1) is 10.2. The van der Waals surface area contributed by atoms with Gasteiger partial charge in [-0.1, -0.05) is 24.3 Å². The number of fused-ring (bicyclic) bond motifs is 3. The Morgan fingerprint density at radius 2 is 1.13 bits per heavy atom. The van der Waals surface area contributed by atoms with Gasteiger partial charge >= 0.3 is 20.4 Å². The van der Waals surface area contributed by atoms with Crippen LogP contribution in [0.4, 0.5) is 0 Å². The normalized spacial score (nSPS) is 10.1. The standard InChI is InChI=1S/C12H8N2.Pd/c1-3-9-5-6-10-4-2-8-14-12(10)11(9)13-7-1;/h1-8H;/q;+2. The van der Waals surface area contributed by atoms with Gasteiger partial charge in [0.2, 0.25) is 0 Å². The molecule has 0 spiro atoms. The molecular formula is C12H8N2Pd+2. The smallest absolute Gasteiger partial charge is 0.254 e. The summed E-state index contributed by atoms with van der Waals surface area (Å²) < 4.78 is 0. The Morgan fingerprint density at radius 3 is 1.60 bits per heavy atom. The van der Waals surface area contributed by atoms with Gasteiger partial charge in [-0.25, -0.2) is 0 Å². The van der Waals surface area contributed by atoms with Gasteiger partial charge in [0, 0.05) is 23.2 Å². The molecule has 0 atom stereocenters. The monoisotopic (exact) mass is 286 g/mol. The molecule has 15 heavy (non-hydrogen) atoms. The number of benzene rings is 1. The van der Waals surface area contributed by atoms with Crippen molar-refractivity contribution in [1.29, 1.82) is 0 Å². The van der Waals surface area contributed by atoms with Crippen molar-refractivity contribution in [1.82, 2.24) is 9.97 Å². The van der Waals surface area contributed by atoms with E-state index in [1.807, 2.05) is 12.1 Å². The van der Waals surface area contributed by atoms with Gasteiger partial charge in [0.25, 0.3) is 0 Å². The number of nitrogens with zero attached hydrogens (tertiary/aromatic N) is 2. The van der Waals surface area contributed by atoms with Crippen LogP contribution in [0.1, 0.15) is 0 Å². The molecule has 2 nitrogen and oxygen atoms in total. The summed E-state index contributed by atoms with van der Waals surface area (Å²) in [7, 11) is 0. The molecular weight excluding hydrogens is 279 g/mol. The Bertz CT molecular complexity index is 553. The molecule has 0 bridgehead atoms. The van der Waals surface area contributed by atoms with Crippen LogP contribution in [0.2, 0.25) is 0 Å². The zero-order chi connectivity index (χ0) is 9.38. The molecule has 0 unspecified atom stereocenters. The van der Waals surface area contributed by atoms with Crippen LogP contribution in [-0.4, -0.2) is 9.97 Å². The van der Waals surface area contributed by atoms with Crippen molar-refractivity contribution in [2.45, 2.75) is 0 Å². The van der Waals surface area contributed by atoms with Crippen molar-refractivity contribution in [2.75, 3.05) is 0 Å². The molecule has 0 fully saturated rings. The molecule has 1 aromatic carbocycles. The molecule has 0 aliphatic heterocycles. The maximum absolute atomic E-state index is 4.35. The zero-order valence-corrected chi connectivity index (χ0v) is 9.38. The van der Waals surface area contributed by atoms with E-state index in [0.29, 0.717) is 0 Å². The van der Waals surface area contributed by atoms with E-state index in [-0.39, 0.29) is 20.4 Å². The number of rotatable bonds is 0. The van der Waals surface area contributed by atoms with E-state index in [1.165, 1.54) is 0 Å². The summed E-state index contributed by atoms with van der Waals surface area (Å²) in [4.78, 5) is 8.69. The van der Waals surface area contributed by atoms with Gasteiger partial charge in [0.1, 0.15) is 0 Å². The van der Waals surface area contributed by atoms with Crippen molar-refractivity contribution in [3.05, 3.63) is 48.8 Å². The summed E-state index contributed by atoms with van der Waals surface area (Å²) in [6, 6.07) is 12.1. The van der Waals surface area contributed by atoms with Gasteiger partial charge in [-0.15, -0.1) is 0 Å². The molecule has 74 valence electrons. The van der Waals surface area contributed by atoms with Gasteiger partial charge in [0.05, 0.1) is 11.0 Å². The van der Waals surface area contributed by atoms with Crippen LogP contribution >= 0.6 is 0 Å². The predicted molar refractivity (Wildman–Crippen MR) is 57.0 cm³/mol. The first-order valence-corrected chi connectivity index (χ1v) is 4.53. The first-order chi connectivity index (χ1) is 6.95. The van der Waals surface area contributed by atoms with Gasteiger partial charge < -0.3 is 0 Å². The zero-order valence-electron chi connectivity index (χ0n) is 7.83. The molecule has 3 aromatic rings. The molecule has 0 saturated heterocycles. The summed E-state index contributed by atoms with van der Waals surface area (Å²) in [5.74, 6) is 0. The third-order valence-corrected chi connectivity index (χ3v) is 2.34. The van der Waals surface area contributed by atoms with Gasteiger partial charge in [-0.05, 0) is 12.1 Å². The van der Waals surface area contributed by atoms with Crippen LogP contribution < -0.4 is 0 Å². The molecule has 0 saturated carbocycles. The van der Waals surface area contributed by atoms with Crippen molar-refractivity contribution < 1.29 is 20.4 Å². The van der Waals surface area contributed by atoms with E-state index < -0.39 is 0 Å². The minimum absolute atomic E-state index is 0. The molecule has 2 aromatic heterocycles. The van der Waals surface area contributed by atoms with Crippen LogP contribution in [0.25, 0.3) is 21.8 Å². The van der Waals surface area contributed by atoms with E-state index >= 15 is 0 Å². The number of aromatic nitrogens is 2. The SMILES string of the molecule is [Pd+2].c1cnc2c(c1)ccc1cccnc12. The predicted octanol–water partition coefficient (Wildman–Crippen LogP) is 2.78. The second-order valence-corrected chi connectivity index (χ2v) is 3.22. The van der Waals surface area contributed by atoms with E-state index in [1.54, 1.807) is 12.4 Å². The number of hydrogen-bond donors (Lipinski definition) is 0. The maximum Gasteiger partial charge on any atom is 2.00 e. The second kappa shape index (κ2) is 4.06. The summed E-state index contributed by atoms with van der Waals surface area (Å²) in [5.41, 5.74) is 1.95. The Labute approximate surface area is 101 Å². The van der Waals surface area contributed by atoms with E-state index in [9.17, 15) is 0 Å². The molecule has 0 radical (unpaired) electrons. The van der Waals surface area contributed by atoms with Crippen molar-refractivity contribution in [3.63, 3.8) is 0 Å². The van der Waals surface area contributed by atoms with Gasteiger partial charge in [-0.2, -0.15) is 0 Å². The molecule has 0 amide bonds. The molecule has 3 rings (SSSR count). The second-order valence-electron chi connectivity index (χ2n) is 3.22. The molecule has 2 heterocycles. The van der Waals surface area contributed by atoms with Crippen LogP contribution in [-0.2, 0) is 20.4 Å². The maximum atomic E-state index is 4.35. The van der Waals surface area contributed by atoms with Gasteiger partial charge in [0.15, 0.2) is 0 Å². The Hall–Kier alpha value is -1.30. The van der Waals surface area contributed by atoms with Crippen molar-refractivity contribution in [2.24, 2.45) is 0 Å². The molecule has 3 heteroatoms. The van der Waals surface area contributed by atoms with E-state index in [4.69, 9.17) is 0 Å². The number of pyridine rings is 2. The van der Waals surface area contributed by atoms with Crippen LogP contribution in [0, 0.1) is 0 Å². The topological polar surface area (TPSA) is 25.8 Å². The molecule has 0 N–H and O–H groups in total. The van der Waals surface area contributed by atoms with Crippen molar-refractivity contribution in [3.8, 4) is 0 Å². The molecule has 0 aliphatic carbocycles. The van der Waals surface area contributed by atoms with E-state index in [2.05, 4.69) is 34.2 Å². The fourth-order valence-electron chi connectivity index (χ4n) is 1.68. The number of hydrogen-bond acceptors (Lipinski definition) is 2. The third kappa shape index (κ3) is 1.65. The largest absolute Gasteiger partial charge is 2.00 e. The quantitative estimate of drug-likeness (QED) is 0.469. The first-order valence-electron chi connectivity index (χ1n) is 4.53.